The molecule has 0 N–H and O–H groups in total. The molecule has 22 heavy (non-hydrogen) atoms. The minimum Gasteiger partial charge on any atom is -0.497 e. The third kappa shape index (κ3) is 1.80. The van der Waals surface area contributed by atoms with Crippen LogP contribution in [-0.2, 0) is 6.42 Å². The van der Waals surface area contributed by atoms with Crippen molar-refractivity contribution in [3.63, 3.8) is 0 Å². The minimum absolute atomic E-state index is 0.0715. The van der Waals surface area contributed by atoms with Crippen LogP contribution < -0.4 is 14.9 Å². The predicted molar refractivity (Wildman–Crippen MR) is 85.3 cm³/mol. The first kappa shape index (κ1) is 13.0. The number of nitrogens with zero attached hydrogens (tertiary/aromatic N) is 1. The molecule has 3 aromatic rings. The van der Waals surface area contributed by atoms with Crippen molar-refractivity contribution in [1.82, 2.24) is 4.57 Å². The second-order valence-corrected chi connectivity index (χ2v) is 5.27. The number of hydrogen-bond donors (Lipinski definition) is 0. The van der Waals surface area contributed by atoms with E-state index in [0.29, 0.717) is 18.9 Å². The Morgan fingerprint density at radius 1 is 1.14 bits per heavy atom. The van der Waals surface area contributed by atoms with Crippen LogP contribution in [0.3, 0.4) is 0 Å². The molecular formula is C18H15NO3. The maximum Gasteiger partial charge on any atom is 0.206 e. The number of hydrogen-bond acceptors (Lipinski definition) is 3. The van der Waals surface area contributed by atoms with Gasteiger partial charge in [0.05, 0.1) is 30.5 Å². The van der Waals surface area contributed by atoms with Crippen LogP contribution in [0.15, 0.2) is 53.3 Å². The van der Waals surface area contributed by atoms with Gasteiger partial charge in [0, 0.05) is 17.9 Å². The van der Waals surface area contributed by atoms with Crippen molar-refractivity contribution in [3.8, 4) is 17.3 Å². The summed E-state index contributed by atoms with van der Waals surface area (Å²) in [5.41, 5.74) is 2.60. The fourth-order valence-corrected chi connectivity index (χ4v) is 2.99. The normalized spacial score (nSPS) is 13.0. The zero-order chi connectivity index (χ0) is 15.1. The van der Waals surface area contributed by atoms with Gasteiger partial charge in [0.25, 0.3) is 0 Å². The number of benzene rings is 2. The molecule has 4 nitrogen and oxygen atoms in total. The van der Waals surface area contributed by atoms with Crippen molar-refractivity contribution in [2.24, 2.45) is 0 Å². The zero-order valence-electron chi connectivity index (χ0n) is 12.2. The Kier molecular flexibility index (Phi) is 2.89. The van der Waals surface area contributed by atoms with E-state index in [9.17, 15) is 4.79 Å². The van der Waals surface area contributed by atoms with E-state index in [4.69, 9.17) is 9.47 Å². The molecule has 4 rings (SSSR count). The summed E-state index contributed by atoms with van der Waals surface area (Å²) >= 11 is 0. The smallest absolute Gasteiger partial charge is 0.206 e. The maximum absolute atomic E-state index is 12.6. The molecule has 1 aliphatic rings. The predicted octanol–water partition coefficient (Wildman–Crippen LogP) is 2.93. The monoisotopic (exact) mass is 293 g/mol. The van der Waals surface area contributed by atoms with Crippen LogP contribution in [0.25, 0.3) is 16.6 Å². The molecule has 0 bridgehead atoms. The first-order valence-corrected chi connectivity index (χ1v) is 7.23. The summed E-state index contributed by atoms with van der Waals surface area (Å²) in [5, 5.41) is 0.717. The van der Waals surface area contributed by atoms with Gasteiger partial charge in [0.1, 0.15) is 5.75 Å². The van der Waals surface area contributed by atoms with Gasteiger partial charge in [0.2, 0.25) is 5.88 Å². The van der Waals surface area contributed by atoms with Crippen LogP contribution in [0.1, 0.15) is 5.56 Å². The molecule has 4 heteroatoms. The Morgan fingerprint density at radius 3 is 2.86 bits per heavy atom. The van der Waals surface area contributed by atoms with E-state index in [1.54, 1.807) is 7.11 Å². The third-order valence-electron chi connectivity index (χ3n) is 4.03. The average Bonchev–Trinajstić information content (AvgIpc) is 3.05. The van der Waals surface area contributed by atoms with Gasteiger partial charge in [-0.3, -0.25) is 9.36 Å². The van der Waals surface area contributed by atoms with Crippen LogP contribution in [-0.4, -0.2) is 18.3 Å². The second kappa shape index (κ2) is 4.91. The summed E-state index contributed by atoms with van der Waals surface area (Å²) in [6, 6.07) is 15.4. The summed E-state index contributed by atoms with van der Waals surface area (Å²) in [6.07, 6.45) is 0.656. The lowest BCUT2D eigenvalue weighted by Crippen LogP contribution is -2.13. The van der Waals surface area contributed by atoms with Crippen molar-refractivity contribution >= 4 is 10.9 Å². The van der Waals surface area contributed by atoms with Crippen LogP contribution >= 0.6 is 0 Å². The van der Waals surface area contributed by atoms with E-state index in [0.717, 1.165) is 27.9 Å². The lowest BCUT2D eigenvalue weighted by atomic mass is 10.1. The number of aromatic nitrogens is 1. The van der Waals surface area contributed by atoms with Crippen molar-refractivity contribution in [2.75, 3.05) is 13.7 Å². The highest BCUT2D eigenvalue weighted by atomic mass is 16.5. The highest BCUT2D eigenvalue weighted by Crippen LogP contribution is 2.31. The van der Waals surface area contributed by atoms with E-state index in [-0.39, 0.29) is 5.43 Å². The molecule has 0 unspecified atom stereocenters. The molecule has 1 aliphatic heterocycles. The van der Waals surface area contributed by atoms with Gasteiger partial charge in [-0.05, 0) is 24.3 Å². The summed E-state index contributed by atoms with van der Waals surface area (Å²) in [5.74, 6) is 1.42. The standard InChI is InChI=1S/C18H15NO3/c1-21-13-6-4-5-12(11-13)19-16-8-3-2-7-14(16)17(20)15-9-10-22-18(15)19/h2-8,11H,9-10H2,1H3. The molecule has 2 aromatic carbocycles. The van der Waals surface area contributed by atoms with Crippen LogP contribution in [0, 0.1) is 0 Å². The second-order valence-electron chi connectivity index (χ2n) is 5.27. The van der Waals surface area contributed by atoms with Crippen LogP contribution in [0.2, 0.25) is 0 Å². The van der Waals surface area contributed by atoms with Crippen LogP contribution in [0.5, 0.6) is 11.6 Å². The SMILES string of the molecule is COc1cccc(-n2c3c(c(=O)c4ccccc42)CCO3)c1. The van der Waals surface area contributed by atoms with E-state index < -0.39 is 0 Å². The maximum atomic E-state index is 12.6. The van der Waals surface area contributed by atoms with Gasteiger partial charge in [-0.15, -0.1) is 0 Å². The summed E-state index contributed by atoms with van der Waals surface area (Å²) in [4.78, 5) is 12.6. The van der Waals surface area contributed by atoms with E-state index in [1.165, 1.54) is 0 Å². The first-order chi connectivity index (χ1) is 10.8. The van der Waals surface area contributed by atoms with Gasteiger partial charge in [0.15, 0.2) is 5.43 Å². The summed E-state index contributed by atoms with van der Waals surface area (Å²) < 4.78 is 13.1. The molecule has 0 amide bonds. The Balaban J connectivity index is 2.13. The topological polar surface area (TPSA) is 40.5 Å². The minimum atomic E-state index is 0.0715. The number of ether oxygens (including phenoxy) is 2. The number of rotatable bonds is 2. The van der Waals surface area contributed by atoms with E-state index in [2.05, 4.69) is 0 Å². The van der Waals surface area contributed by atoms with Crippen LogP contribution in [0.4, 0.5) is 0 Å². The molecule has 0 atom stereocenters. The molecule has 1 aromatic heterocycles. The van der Waals surface area contributed by atoms with Crippen molar-refractivity contribution in [3.05, 3.63) is 64.3 Å². The largest absolute Gasteiger partial charge is 0.497 e. The molecule has 0 fully saturated rings. The quantitative estimate of drug-likeness (QED) is 0.729. The third-order valence-corrected chi connectivity index (χ3v) is 4.03. The highest BCUT2D eigenvalue weighted by Gasteiger charge is 2.23. The van der Waals surface area contributed by atoms with Gasteiger partial charge < -0.3 is 9.47 Å². The van der Waals surface area contributed by atoms with Crippen molar-refractivity contribution in [2.45, 2.75) is 6.42 Å². The number of pyridine rings is 1. The zero-order valence-corrected chi connectivity index (χ0v) is 12.2. The Bertz CT molecular complexity index is 927. The Labute approximate surface area is 127 Å². The van der Waals surface area contributed by atoms with Gasteiger partial charge in [-0.2, -0.15) is 0 Å². The van der Waals surface area contributed by atoms with Gasteiger partial charge in [-0.1, -0.05) is 18.2 Å². The number of methoxy groups -OCH3 is 1. The molecule has 0 spiro atoms. The van der Waals surface area contributed by atoms with Gasteiger partial charge in [-0.25, -0.2) is 0 Å². The average molecular weight is 293 g/mol. The lowest BCUT2D eigenvalue weighted by Gasteiger charge is -2.16. The van der Waals surface area contributed by atoms with E-state index >= 15 is 0 Å². The van der Waals surface area contributed by atoms with Crippen molar-refractivity contribution in [1.29, 1.82) is 0 Å². The highest BCUT2D eigenvalue weighted by molar-refractivity contribution is 5.83. The van der Waals surface area contributed by atoms with E-state index in [1.807, 2.05) is 53.1 Å². The fourth-order valence-electron chi connectivity index (χ4n) is 2.99. The fraction of sp³-hybridized carbons (Fsp3) is 0.167. The number of fused-ring (bicyclic) bond motifs is 2. The molecule has 0 saturated carbocycles. The molecule has 110 valence electrons. The van der Waals surface area contributed by atoms with Gasteiger partial charge >= 0.3 is 0 Å². The molecule has 2 heterocycles. The summed E-state index contributed by atoms with van der Waals surface area (Å²) in [7, 11) is 1.64. The Hall–Kier alpha value is -2.75. The molecule has 0 radical (unpaired) electrons. The first-order valence-electron chi connectivity index (χ1n) is 7.23. The summed E-state index contributed by atoms with van der Waals surface area (Å²) in [6.45, 7) is 0.546. The lowest BCUT2D eigenvalue weighted by molar-refractivity contribution is 0.338. The number of para-hydroxylation sites is 1. The van der Waals surface area contributed by atoms with Crippen molar-refractivity contribution < 1.29 is 9.47 Å². The molecule has 0 saturated heterocycles. The Morgan fingerprint density at radius 2 is 2.00 bits per heavy atom. The molecular weight excluding hydrogens is 278 g/mol. The molecule has 0 aliphatic carbocycles.